The molecule has 0 aromatic heterocycles. The first-order valence-electron chi connectivity index (χ1n) is 6.49. The zero-order valence-corrected chi connectivity index (χ0v) is 13.0. The van der Waals surface area contributed by atoms with Crippen molar-refractivity contribution in [2.24, 2.45) is 0 Å². The lowest BCUT2D eigenvalue weighted by Gasteiger charge is -2.10. The number of unbranched alkanes of at least 4 members (excludes halogenated alkanes) is 2. The van der Waals surface area contributed by atoms with Crippen LogP contribution in [-0.4, -0.2) is 24.7 Å². The van der Waals surface area contributed by atoms with Crippen molar-refractivity contribution in [1.29, 1.82) is 0 Å². The third-order valence-electron chi connectivity index (χ3n) is 2.67. The second kappa shape index (κ2) is 9.55. The molecule has 1 aromatic carbocycles. The molecule has 1 aromatic rings. The van der Waals surface area contributed by atoms with Gasteiger partial charge in [0.1, 0.15) is 0 Å². The highest BCUT2D eigenvalue weighted by molar-refractivity contribution is 7.80. The summed E-state index contributed by atoms with van der Waals surface area (Å²) in [7, 11) is 1.41. The van der Waals surface area contributed by atoms with Gasteiger partial charge in [-0.15, -0.1) is 0 Å². The Morgan fingerprint density at radius 3 is 2.60 bits per heavy atom. The maximum Gasteiger partial charge on any atom is 0.305 e. The van der Waals surface area contributed by atoms with Crippen LogP contribution in [0.1, 0.15) is 25.7 Å². The number of carbonyl (C=O) groups is 1. The average molecular weight is 315 g/mol. The second-order valence-corrected chi connectivity index (χ2v) is 5.12. The van der Waals surface area contributed by atoms with Crippen LogP contribution < -0.4 is 10.6 Å². The average Bonchev–Trinajstić information content (AvgIpc) is 2.44. The molecule has 20 heavy (non-hydrogen) atoms. The van der Waals surface area contributed by atoms with E-state index in [0.29, 0.717) is 16.6 Å². The Balaban J connectivity index is 2.08. The smallest absolute Gasteiger partial charge is 0.305 e. The number of hydrogen-bond acceptors (Lipinski definition) is 3. The summed E-state index contributed by atoms with van der Waals surface area (Å²) in [6.45, 7) is 0.778. The summed E-state index contributed by atoms with van der Waals surface area (Å²) < 4.78 is 4.58. The molecule has 0 aliphatic rings. The molecule has 0 atom stereocenters. The van der Waals surface area contributed by atoms with Gasteiger partial charge in [-0.05, 0) is 49.3 Å². The van der Waals surface area contributed by atoms with Crippen LogP contribution in [-0.2, 0) is 9.53 Å². The third kappa shape index (κ3) is 7.31. The molecule has 0 radical (unpaired) electrons. The number of esters is 1. The van der Waals surface area contributed by atoms with Gasteiger partial charge in [0.15, 0.2) is 5.11 Å². The van der Waals surface area contributed by atoms with E-state index in [1.807, 2.05) is 12.1 Å². The minimum Gasteiger partial charge on any atom is -0.469 e. The summed E-state index contributed by atoms with van der Waals surface area (Å²) in [4.78, 5) is 10.9. The lowest BCUT2D eigenvalue weighted by molar-refractivity contribution is -0.140. The molecule has 110 valence electrons. The van der Waals surface area contributed by atoms with Crippen molar-refractivity contribution >= 4 is 40.6 Å². The Labute approximate surface area is 129 Å². The molecule has 0 saturated heterocycles. The third-order valence-corrected chi connectivity index (χ3v) is 3.17. The molecule has 1 rings (SSSR count). The molecule has 6 heteroatoms. The number of rotatable bonds is 7. The van der Waals surface area contributed by atoms with Gasteiger partial charge in [-0.2, -0.15) is 0 Å². The summed E-state index contributed by atoms with van der Waals surface area (Å²) >= 11 is 11.0. The van der Waals surface area contributed by atoms with Crippen LogP contribution in [0, 0.1) is 0 Å². The maximum atomic E-state index is 10.9. The second-order valence-electron chi connectivity index (χ2n) is 4.27. The fourth-order valence-electron chi connectivity index (χ4n) is 1.58. The Bertz CT molecular complexity index is 437. The van der Waals surface area contributed by atoms with Crippen LogP contribution in [0.4, 0.5) is 5.69 Å². The van der Waals surface area contributed by atoms with Crippen molar-refractivity contribution in [2.75, 3.05) is 19.0 Å². The number of methoxy groups -OCH3 is 1. The molecule has 0 unspecified atom stereocenters. The maximum absolute atomic E-state index is 10.9. The van der Waals surface area contributed by atoms with Crippen LogP contribution >= 0.6 is 23.8 Å². The monoisotopic (exact) mass is 314 g/mol. The van der Waals surface area contributed by atoms with E-state index in [-0.39, 0.29) is 5.97 Å². The first-order valence-corrected chi connectivity index (χ1v) is 7.27. The minimum atomic E-state index is -0.155. The van der Waals surface area contributed by atoms with Crippen molar-refractivity contribution in [2.45, 2.75) is 25.7 Å². The van der Waals surface area contributed by atoms with Crippen LogP contribution in [0.15, 0.2) is 24.3 Å². The topological polar surface area (TPSA) is 50.4 Å². The normalized spacial score (nSPS) is 9.90. The van der Waals surface area contributed by atoms with Crippen molar-refractivity contribution < 1.29 is 9.53 Å². The highest BCUT2D eigenvalue weighted by Crippen LogP contribution is 2.13. The van der Waals surface area contributed by atoms with Gasteiger partial charge in [0.2, 0.25) is 0 Å². The summed E-state index contributed by atoms with van der Waals surface area (Å²) in [5, 5.41) is 7.47. The molecule has 2 N–H and O–H groups in total. The summed E-state index contributed by atoms with van der Waals surface area (Å²) in [6, 6.07) is 7.35. The molecule has 0 spiro atoms. The van der Waals surface area contributed by atoms with Crippen LogP contribution in [0.25, 0.3) is 0 Å². The Morgan fingerprint density at radius 1 is 1.25 bits per heavy atom. The van der Waals surface area contributed by atoms with Crippen molar-refractivity contribution in [3.05, 3.63) is 29.3 Å². The Kier molecular flexibility index (Phi) is 7.99. The molecular formula is C14H19ClN2O2S. The number of halogens is 1. The first-order chi connectivity index (χ1) is 9.61. The molecule has 0 fully saturated rings. The standard InChI is InChI=1S/C14H19ClN2O2S/c1-19-13(18)5-3-2-4-10-16-14(20)17-12-8-6-11(15)7-9-12/h6-9H,2-5,10H2,1H3,(H2,16,17,20). The Hall–Kier alpha value is -1.33. The molecule has 0 heterocycles. The van der Waals surface area contributed by atoms with Gasteiger partial charge in [0.25, 0.3) is 0 Å². The van der Waals surface area contributed by atoms with E-state index < -0.39 is 0 Å². The van der Waals surface area contributed by atoms with Gasteiger partial charge in [-0.25, -0.2) is 0 Å². The van der Waals surface area contributed by atoms with Crippen molar-refractivity contribution in [3.63, 3.8) is 0 Å². The van der Waals surface area contributed by atoms with E-state index in [1.165, 1.54) is 7.11 Å². The van der Waals surface area contributed by atoms with Crippen LogP contribution in [0.3, 0.4) is 0 Å². The predicted octanol–water partition coefficient (Wildman–Crippen LogP) is 3.36. The number of anilines is 1. The minimum absolute atomic E-state index is 0.155. The van der Waals surface area contributed by atoms with Gasteiger partial charge in [-0.1, -0.05) is 18.0 Å². The van der Waals surface area contributed by atoms with E-state index in [9.17, 15) is 4.79 Å². The zero-order chi connectivity index (χ0) is 14.8. The number of thiocarbonyl (C=S) groups is 1. The van der Waals surface area contributed by atoms with Crippen molar-refractivity contribution in [3.8, 4) is 0 Å². The predicted molar refractivity (Wildman–Crippen MR) is 86.2 cm³/mol. The van der Waals surface area contributed by atoms with Crippen LogP contribution in [0.2, 0.25) is 5.02 Å². The molecule has 0 amide bonds. The zero-order valence-electron chi connectivity index (χ0n) is 11.4. The highest BCUT2D eigenvalue weighted by Gasteiger charge is 2.00. The molecular weight excluding hydrogens is 296 g/mol. The lowest BCUT2D eigenvalue weighted by atomic mass is 10.2. The fourth-order valence-corrected chi connectivity index (χ4v) is 1.93. The van der Waals surface area contributed by atoms with Gasteiger partial charge < -0.3 is 15.4 Å². The largest absolute Gasteiger partial charge is 0.469 e. The van der Waals surface area contributed by atoms with Gasteiger partial charge >= 0.3 is 5.97 Å². The Morgan fingerprint density at radius 2 is 1.95 bits per heavy atom. The number of benzene rings is 1. The molecule has 0 bridgehead atoms. The van der Waals surface area contributed by atoms with Gasteiger partial charge in [-0.3, -0.25) is 4.79 Å². The molecule has 0 saturated carbocycles. The van der Waals surface area contributed by atoms with E-state index in [1.54, 1.807) is 12.1 Å². The SMILES string of the molecule is COC(=O)CCCCCNC(=S)Nc1ccc(Cl)cc1. The molecule has 4 nitrogen and oxygen atoms in total. The van der Waals surface area contributed by atoms with E-state index in [2.05, 4.69) is 15.4 Å². The summed E-state index contributed by atoms with van der Waals surface area (Å²) in [6.07, 6.45) is 3.24. The fraction of sp³-hybridized carbons (Fsp3) is 0.429. The summed E-state index contributed by atoms with van der Waals surface area (Å²) in [5.41, 5.74) is 0.901. The highest BCUT2D eigenvalue weighted by atomic mass is 35.5. The molecule has 0 aliphatic heterocycles. The van der Waals surface area contributed by atoms with E-state index in [0.717, 1.165) is 31.5 Å². The van der Waals surface area contributed by atoms with E-state index >= 15 is 0 Å². The molecule has 0 aliphatic carbocycles. The number of hydrogen-bond donors (Lipinski definition) is 2. The first kappa shape index (κ1) is 16.7. The van der Waals surface area contributed by atoms with Crippen molar-refractivity contribution in [1.82, 2.24) is 5.32 Å². The number of ether oxygens (including phenoxy) is 1. The number of nitrogens with one attached hydrogen (secondary N) is 2. The van der Waals surface area contributed by atoms with Gasteiger partial charge in [0.05, 0.1) is 7.11 Å². The quantitative estimate of drug-likeness (QED) is 0.459. The van der Waals surface area contributed by atoms with Crippen LogP contribution in [0.5, 0.6) is 0 Å². The van der Waals surface area contributed by atoms with E-state index in [4.69, 9.17) is 23.8 Å². The van der Waals surface area contributed by atoms with Gasteiger partial charge in [0, 0.05) is 23.7 Å². The lowest BCUT2D eigenvalue weighted by Crippen LogP contribution is -2.29. The summed E-state index contributed by atoms with van der Waals surface area (Å²) in [5.74, 6) is -0.155. The number of carbonyl (C=O) groups excluding carboxylic acids is 1.